The van der Waals surface area contributed by atoms with Gasteiger partial charge in [-0.05, 0) is 24.1 Å². The molecule has 1 aliphatic rings. The van der Waals surface area contributed by atoms with E-state index in [2.05, 4.69) is 5.32 Å². The molecular weight excluding hydrogens is 337 g/mol. The van der Waals surface area contributed by atoms with Gasteiger partial charge in [0.15, 0.2) is 0 Å². The molecule has 1 aromatic carbocycles. The van der Waals surface area contributed by atoms with Crippen molar-refractivity contribution in [3.63, 3.8) is 0 Å². The first kappa shape index (κ1) is 18.5. The number of nitrogens with zero attached hydrogens (tertiary/aromatic N) is 2. The molecule has 2 rings (SSSR count). The lowest BCUT2D eigenvalue weighted by Crippen LogP contribution is -2.40. The molecule has 3 amide bonds. The number of amides is 3. The van der Waals surface area contributed by atoms with E-state index < -0.39 is 5.82 Å². The first-order valence-corrected chi connectivity index (χ1v) is 8.12. The molecule has 0 radical (unpaired) electrons. The third-order valence-corrected chi connectivity index (χ3v) is 4.09. The van der Waals surface area contributed by atoms with E-state index in [9.17, 15) is 14.0 Å². The summed E-state index contributed by atoms with van der Waals surface area (Å²) in [6.07, 6.45) is 0.728. The van der Waals surface area contributed by atoms with Gasteiger partial charge in [0.05, 0.1) is 0 Å². The summed E-state index contributed by atoms with van der Waals surface area (Å²) in [6.45, 7) is 2.40. The summed E-state index contributed by atoms with van der Waals surface area (Å²) in [5.41, 5.74) is 0.678. The smallest absolute Gasteiger partial charge is 0.320 e. The second-order valence-electron chi connectivity index (χ2n) is 5.56. The van der Waals surface area contributed by atoms with Crippen LogP contribution >= 0.6 is 11.6 Å². The van der Waals surface area contributed by atoms with E-state index in [4.69, 9.17) is 16.3 Å². The molecule has 0 bridgehead atoms. The van der Waals surface area contributed by atoms with E-state index in [0.717, 1.165) is 6.42 Å². The number of urea groups is 1. The fourth-order valence-electron chi connectivity index (χ4n) is 2.46. The molecule has 0 unspecified atom stereocenters. The highest BCUT2D eigenvalue weighted by molar-refractivity contribution is 6.31. The lowest BCUT2D eigenvalue weighted by Gasteiger charge is -2.19. The predicted octanol–water partition coefficient (Wildman–Crippen LogP) is 1.87. The molecule has 8 heteroatoms. The summed E-state index contributed by atoms with van der Waals surface area (Å²) in [7, 11) is 1.60. The molecule has 0 spiro atoms. The zero-order valence-corrected chi connectivity index (χ0v) is 14.3. The maximum atomic E-state index is 13.1. The lowest BCUT2D eigenvalue weighted by molar-refractivity contribution is -0.121. The van der Waals surface area contributed by atoms with Gasteiger partial charge in [0.25, 0.3) is 0 Å². The standard InChI is InChI=1S/C16H21ClFN3O3/c1-24-8-2-5-19-15(22)11-21-7-6-20(16(21)23)10-12-3-4-13(18)9-14(12)17/h3-4,9H,2,5-8,10-11H2,1H3,(H,19,22). The molecule has 1 aromatic rings. The van der Waals surface area contributed by atoms with Gasteiger partial charge in [-0.2, -0.15) is 0 Å². The molecule has 24 heavy (non-hydrogen) atoms. The molecule has 1 heterocycles. The quantitative estimate of drug-likeness (QED) is 0.722. The molecule has 0 aliphatic carbocycles. The van der Waals surface area contributed by atoms with Gasteiger partial charge in [-0.3, -0.25) is 4.79 Å². The molecule has 0 atom stereocenters. The van der Waals surface area contributed by atoms with Crippen molar-refractivity contribution in [3.05, 3.63) is 34.6 Å². The maximum Gasteiger partial charge on any atom is 0.320 e. The first-order chi connectivity index (χ1) is 11.5. The number of ether oxygens (including phenoxy) is 1. The van der Waals surface area contributed by atoms with Crippen LogP contribution in [0.2, 0.25) is 5.02 Å². The van der Waals surface area contributed by atoms with Crippen molar-refractivity contribution in [2.45, 2.75) is 13.0 Å². The Morgan fingerprint density at radius 2 is 2.12 bits per heavy atom. The van der Waals surface area contributed by atoms with Gasteiger partial charge >= 0.3 is 6.03 Å². The Labute approximate surface area is 145 Å². The van der Waals surface area contributed by atoms with E-state index in [1.807, 2.05) is 0 Å². The Hall–Kier alpha value is -1.86. The Morgan fingerprint density at radius 1 is 1.38 bits per heavy atom. The average molecular weight is 358 g/mol. The van der Waals surface area contributed by atoms with Gasteiger partial charge in [0, 0.05) is 44.9 Å². The number of nitrogens with one attached hydrogen (secondary N) is 1. The molecule has 1 N–H and O–H groups in total. The number of rotatable bonds is 8. The molecule has 0 aromatic heterocycles. The molecule has 0 saturated carbocycles. The van der Waals surface area contributed by atoms with Crippen molar-refractivity contribution in [3.8, 4) is 0 Å². The summed E-state index contributed by atoms with van der Waals surface area (Å²) in [4.78, 5) is 27.3. The highest BCUT2D eigenvalue weighted by Crippen LogP contribution is 2.21. The van der Waals surface area contributed by atoms with Crippen LogP contribution in [0.15, 0.2) is 18.2 Å². The van der Waals surface area contributed by atoms with Gasteiger partial charge in [-0.25, -0.2) is 9.18 Å². The van der Waals surface area contributed by atoms with Gasteiger partial charge in [-0.1, -0.05) is 17.7 Å². The third kappa shape index (κ3) is 5.07. The van der Waals surface area contributed by atoms with Crippen molar-refractivity contribution in [1.82, 2.24) is 15.1 Å². The zero-order valence-electron chi connectivity index (χ0n) is 13.6. The largest absolute Gasteiger partial charge is 0.385 e. The summed E-state index contributed by atoms with van der Waals surface area (Å²) in [5, 5.41) is 3.04. The van der Waals surface area contributed by atoms with Gasteiger partial charge in [0.1, 0.15) is 12.4 Å². The number of carbonyl (C=O) groups excluding carboxylic acids is 2. The SMILES string of the molecule is COCCCNC(=O)CN1CCN(Cc2ccc(F)cc2Cl)C1=O. The second kappa shape index (κ2) is 8.84. The number of benzene rings is 1. The van der Waals surface area contributed by atoms with Crippen molar-refractivity contribution in [2.75, 3.05) is 39.9 Å². The number of methoxy groups -OCH3 is 1. The minimum absolute atomic E-state index is 0.0272. The van der Waals surface area contributed by atoms with Crippen LogP contribution in [0.3, 0.4) is 0 Å². The topological polar surface area (TPSA) is 61.9 Å². The Kier molecular flexibility index (Phi) is 6.81. The van der Waals surface area contributed by atoms with Crippen LogP contribution in [-0.4, -0.2) is 61.6 Å². The van der Waals surface area contributed by atoms with Crippen molar-refractivity contribution in [1.29, 1.82) is 0 Å². The van der Waals surface area contributed by atoms with E-state index in [-0.39, 0.29) is 23.5 Å². The molecule has 132 valence electrons. The van der Waals surface area contributed by atoms with Gasteiger partial charge < -0.3 is 19.9 Å². The minimum Gasteiger partial charge on any atom is -0.385 e. The van der Waals surface area contributed by atoms with Crippen LogP contribution in [0.1, 0.15) is 12.0 Å². The van der Waals surface area contributed by atoms with E-state index in [1.54, 1.807) is 18.1 Å². The fraction of sp³-hybridized carbons (Fsp3) is 0.500. The van der Waals surface area contributed by atoms with Crippen molar-refractivity contribution >= 4 is 23.5 Å². The van der Waals surface area contributed by atoms with E-state index >= 15 is 0 Å². The van der Waals surface area contributed by atoms with Gasteiger partial charge in [-0.15, -0.1) is 0 Å². The third-order valence-electron chi connectivity index (χ3n) is 3.74. The normalized spacial score (nSPS) is 14.4. The first-order valence-electron chi connectivity index (χ1n) is 7.74. The van der Waals surface area contributed by atoms with Crippen LogP contribution in [0.4, 0.5) is 9.18 Å². The highest BCUT2D eigenvalue weighted by atomic mass is 35.5. The number of hydrogen-bond donors (Lipinski definition) is 1. The second-order valence-corrected chi connectivity index (χ2v) is 5.96. The molecular formula is C16H21ClFN3O3. The Bertz CT molecular complexity index is 600. The zero-order chi connectivity index (χ0) is 17.5. The van der Waals surface area contributed by atoms with Crippen LogP contribution < -0.4 is 5.32 Å². The molecule has 1 aliphatic heterocycles. The van der Waals surface area contributed by atoms with Crippen molar-refractivity contribution in [2.24, 2.45) is 0 Å². The Balaban J connectivity index is 1.82. The minimum atomic E-state index is -0.414. The number of hydrogen-bond acceptors (Lipinski definition) is 3. The maximum absolute atomic E-state index is 13.1. The van der Waals surface area contributed by atoms with Crippen LogP contribution in [0.5, 0.6) is 0 Å². The van der Waals surface area contributed by atoms with Crippen LogP contribution in [0.25, 0.3) is 0 Å². The van der Waals surface area contributed by atoms with Crippen molar-refractivity contribution < 1.29 is 18.7 Å². The van der Waals surface area contributed by atoms with E-state index in [0.29, 0.717) is 38.3 Å². The molecule has 1 saturated heterocycles. The monoisotopic (exact) mass is 357 g/mol. The van der Waals surface area contributed by atoms with Crippen LogP contribution in [-0.2, 0) is 16.1 Å². The summed E-state index contributed by atoms with van der Waals surface area (Å²) >= 11 is 5.99. The Morgan fingerprint density at radius 3 is 2.83 bits per heavy atom. The number of carbonyl (C=O) groups is 2. The van der Waals surface area contributed by atoms with Gasteiger partial charge in [0.2, 0.25) is 5.91 Å². The average Bonchev–Trinajstić information content (AvgIpc) is 2.87. The summed E-state index contributed by atoms with van der Waals surface area (Å²) < 4.78 is 18.0. The lowest BCUT2D eigenvalue weighted by atomic mass is 10.2. The fourth-order valence-corrected chi connectivity index (χ4v) is 2.68. The van der Waals surface area contributed by atoms with Crippen LogP contribution in [0, 0.1) is 5.82 Å². The number of halogens is 2. The summed E-state index contributed by atoms with van der Waals surface area (Å²) in [5.74, 6) is -0.607. The van der Waals surface area contributed by atoms with E-state index in [1.165, 1.54) is 17.0 Å². The molecule has 1 fully saturated rings. The highest BCUT2D eigenvalue weighted by Gasteiger charge is 2.30. The predicted molar refractivity (Wildman–Crippen MR) is 88.3 cm³/mol. The molecule has 6 nitrogen and oxygen atoms in total. The summed E-state index contributed by atoms with van der Waals surface area (Å²) in [6, 6.07) is 3.88.